The standard InChI is InChI=1S/C15H15N5S/c16-12(9-11-5-2-1-3-6-11)13-10-21-15(19-13)20-14-17-7-4-8-18-14/h1-8,10,12H,9,16H2,(H,17,18,19,20). The van der Waals surface area contributed by atoms with Crippen molar-refractivity contribution in [3.63, 3.8) is 0 Å². The van der Waals surface area contributed by atoms with Crippen LogP contribution in [0.2, 0.25) is 0 Å². The molecule has 0 amide bonds. The third-order valence-corrected chi connectivity index (χ3v) is 3.76. The van der Waals surface area contributed by atoms with Crippen LogP contribution in [0.15, 0.2) is 54.2 Å². The summed E-state index contributed by atoms with van der Waals surface area (Å²) < 4.78 is 0. The van der Waals surface area contributed by atoms with Crippen LogP contribution in [0.3, 0.4) is 0 Å². The molecular formula is C15H15N5S. The average molecular weight is 297 g/mol. The van der Waals surface area contributed by atoms with Crippen LogP contribution < -0.4 is 11.1 Å². The van der Waals surface area contributed by atoms with Crippen molar-refractivity contribution in [1.82, 2.24) is 15.0 Å². The Morgan fingerprint density at radius 1 is 1.10 bits per heavy atom. The van der Waals surface area contributed by atoms with E-state index in [0.717, 1.165) is 17.2 Å². The summed E-state index contributed by atoms with van der Waals surface area (Å²) in [5, 5.41) is 5.79. The summed E-state index contributed by atoms with van der Waals surface area (Å²) in [4.78, 5) is 12.7. The molecule has 5 nitrogen and oxygen atoms in total. The maximum absolute atomic E-state index is 6.22. The third-order valence-electron chi connectivity index (χ3n) is 2.98. The lowest BCUT2D eigenvalue weighted by Crippen LogP contribution is -2.13. The number of benzene rings is 1. The molecule has 0 bridgehead atoms. The summed E-state index contributed by atoms with van der Waals surface area (Å²) in [5.74, 6) is 0.537. The Hall–Kier alpha value is -2.31. The van der Waals surface area contributed by atoms with E-state index in [4.69, 9.17) is 5.73 Å². The van der Waals surface area contributed by atoms with E-state index < -0.39 is 0 Å². The fraction of sp³-hybridized carbons (Fsp3) is 0.133. The van der Waals surface area contributed by atoms with Gasteiger partial charge in [0, 0.05) is 17.8 Å². The van der Waals surface area contributed by atoms with Crippen LogP contribution in [-0.4, -0.2) is 15.0 Å². The number of nitrogens with two attached hydrogens (primary N) is 1. The fourth-order valence-electron chi connectivity index (χ4n) is 1.95. The van der Waals surface area contributed by atoms with Crippen LogP contribution >= 0.6 is 11.3 Å². The van der Waals surface area contributed by atoms with Crippen molar-refractivity contribution in [1.29, 1.82) is 0 Å². The molecule has 106 valence electrons. The molecule has 1 aromatic carbocycles. The molecule has 3 aromatic rings. The van der Waals surface area contributed by atoms with E-state index in [-0.39, 0.29) is 6.04 Å². The van der Waals surface area contributed by atoms with Crippen LogP contribution in [0.1, 0.15) is 17.3 Å². The van der Waals surface area contributed by atoms with Crippen LogP contribution in [0.5, 0.6) is 0 Å². The molecule has 0 saturated carbocycles. The number of nitrogens with one attached hydrogen (secondary N) is 1. The summed E-state index contributed by atoms with van der Waals surface area (Å²) in [6.45, 7) is 0. The number of hydrogen-bond donors (Lipinski definition) is 2. The Balaban J connectivity index is 1.67. The average Bonchev–Trinajstić information content (AvgIpc) is 2.98. The van der Waals surface area contributed by atoms with Crippen molar-refractivity contribution in [3.05, 3.63) is 65.4 Å². The zero-order chi connectivity index (χ0) is 14.5. The molecule has 0 spiro atoms. The van der Waals surface area contributed by atoms with Gasteiger partial charge in [0.25, 0.3) is 0 Å². The van der Waals surface area contributed by atoms with Crippen molar-refractivity contribution in [3.8, 4) is 0 Å². The van der Waals surface area contributed by atoms with Crippen LogP contribution in [-0.2, 0) is 6.42 Å². The van der Waals surface area contributed by atoms with E-state index in [1.165, 1.54) is 16.9 Å². The Kier molecular flexibility index (Phi) is 4.18. The minimum Gasteiger partial charge on any atom is -0.322 e. The first-order chi connectivity index (χ1) is 10.3. The maximum atomic E-state index is 6.22. The second-order valence-corrected chi connectivity index (χ2v) is 5.43. The van der Waals surface area contributed by atoms with Gasteiger partial charge in [-0.2, -0.15) is 0 Å². The predicted octanol–water partition coefficient (Wildman–Crippen LogP) is 2.92. The van der Waals surface area contributed by atoms with Gasteiger partial charge < -0.3 is 11.1 Å². The van der Waals surface area contributed by atoms with Gasteiger partial charge >= 0.3 is 0 Å². The lowest BCUT2D eigenvalue weighted by atomic mass is 10.1. The zero-order valence-electron chi connectivity index (χ0n) is 11.3. The molecule has 0 aliphatic heterocycles. The maximum Gasteiger partial charge on any atom is 0.228 e. The quantitative estimate of drug-likeness (QED) is 0.757. The Morgan fingerprint density at radius 3 is 2.62 bits per heavy atom. The first kappa shape index (κ1) is 13.7. The molecule has 0 aliphatic rings. The monoisotopic (exact) mass is 297 g/mol. The topological polar surface area (TPSA) is 76.7 Å². The van der Waals surface area contributed by atoms with Crippen molar-refractivity contribution >= 4 is 22.4 Å². The number of aromatic nitrogens is 3. The van der Waals surface area contributed by atoms with Crippen LogP contribution in [0, 0.1) is 0 Å². The molecule has 1 atom stereocenters. The fourth-order valence-corrected chi connectivity index (χ4v) is 2.71. The largest absolute Gasteiger partial charge is 0.322 e. The van der Waals surface area contributed by atoms with Crippen molar-refractivity contribution in [2.24, 2.45) is 5.73 Å². The highest BCUT2D eigenvalue weighted by atomic mass is 32.1. The zero-order valence-corrected chi connectivity index (χ0v) is 12.1. The molecule has 0 aliphatic carbocycles. The van der Waals surface area contributed by atoms with Crippen molar-refractivity contribution < 1.29 is 0 Å². The lowest BCUT2D eigenvalue weighted by molar-refractivity contribution is 0.702. The summed E-state index contributed by atoms with van der Waals surface area (Å²) >= 11 is 1.50. The molecular weight excluding hydrogens is 282 g/mol. The van der Waals surface area contributed by atoms with Gasteiger partial charge in [-0.1, -0.05) is 30.3 Å². The van der Waals surface area contributed by atoms with Crippen molar-refractivity contribution in [2.45, 2.75) is 12.5 Å². The predicted molar refractivity (Wildman–Crippen MR) is 84.5 cm³/mol. The lowest BCUT2D eigenvalue weighted by Gasteiger charge is -2.08. The van der Waals surface area contributed by atoms with Crippen molar-refractivity contribution in [2.75, 3.05) is 5.32 Å². The van der Waals surface area contributed by atoms with E-state index in [1.807, 2.05) is 23.6 Å². The summed E-state index contributed by atoms with van der Waals surface area (Å²) in [5.41, 5.74) is 8.30. The van der Waals surface area contributed by atoms with Crippen LogP contribution in [0.4, 0.5) is 11.1 Å². The number of rotatable bonds is 5. The molecule has 2 heterocycles. The Morgan fingerprint density at radius 2 is 1.86 bits per heavy atom. The molecule has 0 radical (unpaired) electrons. The summed E-state index contributed by atoms with van der Waals surface area (Å²) in [6.07, 6.45) is 4.14. The molecule has 0 saturated heterocycles. The minimum absolute atomic E-state index is 0.115. The van der Waals surface area contributed by atoms with E-state index >= 15 is 0 Å². The van der Waals surface area contributed by atoms with E-state index in [0.29, 0.717) is 5.95 Å². The highest BCUT2D eigenvalue weighted by Gasteiger charge is 2.12. The van der Waals surface area contributed by atoms with Gasteiger partial charge in [0.1, 0.15) is 0 Å². The third kappa shape index (κ3) is 3.62. The highest BCUT2D eigenvalue weighted by molar-refractivity contribution is 7.13. The van der Waals surface area contributed by atoms with Gasteiger partial charge in [-0.25, -0.2) is 15.0 Å². The minimum atomic E-state index is -0.115. The molecule has 0 fully saturated rings. The molecule has 3 rings (SSSR count). The smallest absolute Gasteiger partial charge is 0.228 e. The molecule has 1 unspecified atom stereocenters. The van der Waals surface area contributed by atoms with E-state index in [1.54, 1.807) is 18.5 Å². The molecule has 21 heavy (non-hydrogen) atoms. The normalized spacial score (nSPS) is 12.0. The number of anilines is 2. The van der Waals surface area contributed by atoms with E-state index in [9.17, 15) is 0 Å². The number of nitrogens with zero attached hydrogens (tertiary/aromatic N) is 3. The second kappa shape index (κ2) is 6.43. The van der Waals surface area contributed by atoms with Gasteiger partial charge in [0.15, 0.2) is 5.13 Å². The first-order valence-corrected chi connectivity index (χ1v) is 7.48. The number of hydrogen-bond acceptors (Lipinski definition) is 6. The van der Waals surface area contributed by atoms with Gasteiger partial charge in [0.2, 0.25) is 5.95 Å². The van der Waals surface area contributed by atoms with Gasteiger partial charge in [-0.15, -0.1) is 11.3 Å². The van der Waals surface area contributed by atoms with Crippen LogP contribution in [0.25, 0.3) is 0 Å². The van der Waals surface area contributed by atoms with E-state index in [2.05, 4.69) is 32.4 Å². The second-order valence-electron chi connectivity index (χ2n) is 4.57. The molecule has 3 N–H and O–H groups in total. The first-order valence-electron chi connectivity index (χ1n) is 6.60. The molecule has 2 aromatic heterocycles. The summed E-state index contributed by atoms with van der Waals surface area (Å²) in [6, 6.07) is 11.8. The van der Waals surface area contributed by atoms with Gasteiger partial charge in [-0.05, 0) is 18.1 Å². The van der Waals surface area contributed by atoms with Gasteiger partial charge in [-0.3, -0.25) is 0 Å². The number of thiazole rings is 1. The molecule has 6 heteroatoms. The Labute approximate surface area is 126 Å². The SMILES string of the molecule is NC(Cc1ccccc1)c1csc(Nc2ncccn2)n1. The van der Waals surface area contributed by atoms with Gasteiger partial charge in [0.05, 0.1) is 11.7 Å². The Bertz CT molecular complexity index is 684. The highest BCUT2D eigenvalue weighted by Crippen LogP contribution is 2.23. The summed E-state index contributed by atoms with van der Waals surface area (Å²) in [7, 11) is 0.